The van der Waals surface area contributed by atoms with Gasteiger partial charge in [0.15, 0.2) is 5.69 Å². The summed E-state index contributed by atoms with van der Waals surface area (Å²) in [7, 11) is 0. The van der Waals surface area contributed by atoms with E-state index < -0.39 is 0 Å². The number of nitrogens with one attached hydrogen (secondary N) is 1. The number of aryl methyl sites for hydroxylation is 3. The van der Waals surface area contributed by atoms with Gasteiger partial charge in [-0.1, -0.05) is 45.2 Å². The Morgan fingerprint density at radius 2 is 1.88 bits per heavy atom. The van der Waals surface area contributed by atoms with Crippen LogP contribution >= 0.6 is 27.5 Å². The molecule has 0 saturated carbocycles. The standard InChI is InChI=1S/C18H16BrClN4O/c1-10-4-7-16(11(2)8-10)24-22-12(3)17(23-24)18(25)21-15-6-5-13(19)9-14(15)20/h4-9H,1-3H3,(H,21,25). The molecule has 1 N–H and O–H groups in total. The topological polar surface area (TPSA) is 59.8 Å². The summed E-state index contributed by atoms with van der Waals surface area (Å²) in [5.41, 5.74) is 4.38. The molecule has 0 fully saturated rings. The van der Waals surface area contributed by atoms with Gasteiger partial charge in [-0.2, -0.15) is 9.90 Å². The van der Waals surface area contributed by atoms with Crippen molar-refractivity contribution in [3.05, 3.63) is 68.4 Å². The maximum absolute atomic E-state index is 12.6. The van der Waals surface area contributed by atoms with Crippen LogP contribution in [-0.4, -0.2) is 20.9 Å². The highest BCUT2D eigenvalue weighted by Crippen LogP contribution is 2.26. The molecule has 128 valence electrons. The van der Waals surface area contributed by atoms with Crippen molar-refractivity contribution in [3.63, 3.8) is 0 Å². The van der Waals surface area contributed by atoms with E-state index in [-0.39, 0.29) is 11.6 Å². The van der Waals surface area contributed by atoms with Crippen LogP contribution in [0.3, 0.4) is 0 Å². The Morgan fingerprint density at radius 1 is 1.12 bits per heavy atom. The van der Waals surface area contributed by atoms with E-state index in [1.54, 1.807) is 25.1 Å². The number of amides is 1. The highest BCUT2D eigenvalue weighted by molar-refractivity contribution is 9.10. The number of nitrogens with zero attached hydrogens (tertiary/aromatic N) is 3. The number of hydrogen-bond acceptors (Lipinski definition) is 3. The Bertz CT molecular complexity index is 968. The number of hydrogen-bond donors (Lipinski definition) is 1. The van der Waals surface area contributed by atoms with Crippen LogP contribution in [0, 0.1) is 20.8 Å². The lowest BCUT2D eigenvalue weighted by molar-refractivity contribution is 0.102. The molecular formula is C18H16BrClN4O. The molecule has 7 heteroatoms. The van der Waals surface area contributed by atoms with E-state index in [9.17, 15) is 4.79 Å². The maximum Gasteiger partial charge on any atom is 0.278 e. The largest absolute Gasteiger partial charge is 0.319 e. The van der Waals surface area contributed by atoms with Crippen LogP contribution in [0.25, 0.3) is 5.69 Å². The average molecular weight is 420 g/mol. The fourth-order valence-electron chi connectivity index (χ4n) is 2.50. The third kappa shape index (κ3) is 3.75. The molecule has 0 bridgehead atoms. The molecule has 0 spiro atoms. The highest BCUT2D eigenvalue weighted by atomic mass is 79.9. The number of carbonyl (C=O) groups is 1. The molecule has 3 rings (SSSR count). The molecule has 2 aromatic carbocycles. The van der Waals surface area contributed by atoms with Crippen molar-refractivity contribution in [2.24, 2.45) is 0 Å². The Balaban J connectivity index is 1.90. The number of anilines is 1. The lowest BCUT2D eigenvalue weighted by atomic mass is 10.1. The van der Waals surface area contributed by atoms with Crippen LogP contribution in [0.4, 0.5) is 5.69 Å². The summed E-state index contributed by atoms with van der Waals surface area (Å²) in [6.45, 7) is 5.77. The third-order valence-electron chi connectivity index (χ3n) is 3.74. The van der Waals surface area contributed by atoms with E-state index in [1.807, 2.05) is 26.0 Å². The molecular weight excluding hydrogens is 404 g/mol. The van der Waals surface area contributed by atoms with Crippen molar-refractivity contribution in [1.29, 1.82) is 0 Å². The van der Waals surface area contributed by atoms with E-state index in [1.165, 1.54) is 4.80 Å². The van der Waals surface area contributed by atoms with E-state index in [4.69, 9.17) is 11.6 Å². The molecule has 1 amide bonds. The number of carbonyl (C=O) groups excluding carboxylic acids is 1. The van der Waals surface area contributed by atoms with E-state index >= 15 is 0 Å². The van der Waals surface area contributed by atoms with Gasteiger partial charge in [0.25, 0.3) is 5.91 Å². The maximum atomic E-state index is 12.6. The van der Waals surface area contributed by atoms with Crippen LogP contribution in [0.5, 0.6) is 0 Å². The predicted molar refractivity (Wildman–Crippen MR) is 103 cm³/mol. The van der Waals surface area contributed by atoms with Gasteiger partial charge in [-0.3, -0.25) is 4.79 Å². The summed E-state index contributed by atoms with van der Waals surface area (Å²) in [4.78, 5) is 14.0. The Morgan fingerprint density at radius 3 is 2.56 bits per heavy atom. The molecule has 3 aromatic rings. The molecule has 0 atom stereocenters. The molecule has 5 nitrogen and oxygen atoms in total. The summed E-state index contributed by atoms with van der Waals surface area (Å²) in [6, 6.07) is 11.2. The molecule has 0 aliphatic rings. The number of rotatable bonds is 3. The van der Waals surface area contributed by atoms with E-state index in [0.717, 1.165) is 21.3 Å². The number of aromatic nitrogens is 3. The first kappa shape index (κ1) is 17.6. The van der Waals surface area contributed by atoms with Gasteiger partial charge in [0.2, 0.25) is 0 Å². The van der Waals surface area contributed by atoms with Gasteiger partial charge in [-0.05, 0) is 50.6 Å². The van der Waals surface area contributed by atoms with Gasteiger partial charge < -0.3 is 5.32 Å². The van der Waals surface area contributed by atoms with E-state index in [0.29, 0.717) is 16.4 Å². The normalized spacial score (nSPS) is 10.8. The Labute approximate surface area is 159 Å². The second kappa shape index (κ2) is 6.98. The van der Waals surface area contributed by atoms with E-state index in [2.05, 4.69) is 37.5 Å². The number of halogens is 2. The van der Waals surface area contributed by atoms with Gasteiger partial charge >= 0.3 is 0 Å². The summed E-state index contributed by atoms with van der Waals surface area (Å²) in [5, 5.41) is 12.0. The highest BCUT2D eigenvalue weighted by Gasteiger charge is 2.18. The minimum Gasteiger partial charge on any atom is -0.319 e. The molecule has 0 unspecified atom stereocenters. The van der Waals surface area contributed by atoms with Crippen LogP contribution in [0.15, 0.2) is 40.9 Å². The molecule has 0 radical (unpaired) electrons. The molecule has 25 heavy (non-hydrogen) atoms. The first-order chi connectivity index (χ1) is 11.8. The lowest BCUT2D eigenvalue weighted by Crippen LogP contribution is -2.14. The third-order valence-corrected chi connectivity index (χ3v) is 4.55. The molecule has 1 heterocycles. The Kier molecular flexibility index (Phi) is 4.92. The molecule has 1 aromatic heterocycles. The van der Waals surface area contributed by atoms with Gasteiger partial charge in [0.05, 0.1) is 22.1 Å². The zero-order chi connectivity index (χ0) is 18.1. The summed E-state index contributed by atoms with van der Waals surface area (Å²) in [5.74, 6) is -0.349. The lowest BCUT2D eigenvalue weighted by Gasteiger charge is -2.06. The summed E-state index contributed by atoms with van der Waals surface area (Å²) in [6.07, 6.45) is 0. The van der Waals surface area contributed by atoms with Gasteiger partial charge in [-0.25, -0.2) is 0 Å². The SMILES string of the molecule is Cc1ccc(-n2nc(C)c(C(=O)Nc3ccc(Br)cc3Cl)n2)c(C)c1. The molecule has 0 saturated heterocycles. The van der Waals surface area contributed by atoms with Crippen molar-refractivity contribution in [1.82, 2.24) is 15.0 Å². The predicted octanol–water partition coefficient (Wildman–Crippen LogP) is 4.86. The smallest absolute Gasteiger partial charge is 0.278 e. The van der Waals surface area contributed by atoms with Crippen molar-refractivity contribution in [2.75, 3.05) is 5.32 Å². The van der Waals surface area contributed by atoms with Crippen molar-refractivity contribution >= 4 is 39.1 Å². The second-order valence-electron chi connectivity index (χ2n) is 5.79. The van der Waals surface area contributed by atoms with Crippen LogP contribution < -0.4 is 5.32 Å². The fraction of sp³-hybridized carbons (Fsp3) is 0.167. The molecule has 0 aliphatic heterocycles. The monoisotopic (exact) mass is 418 g/mol. The summed E-state index contributed by atoms with van der Waals surface area (Å²) >= 11 is 9.49. The second-order valence-corrected chi connectivity index (χ2v) is 7.11. The zero-order valence-electron chi connectivity index (χ0n) is 14.0. The van der Waals surface area contributed by atoms with Crippen molar-refractivity contribution in [2.45, 2.75) is 20.8 Å². The van der Waals surface area contributed by atoms with Gasteiger partial charge in [0, 0.05) is 4.47 Å². The summed E-state index contributed by atoms with van der Waals surface area (Å²) < 4.78 is 0.840. The van der Waals surface area contributed by atoms with Gasteiger partial charge in [-0.15, -0.1) is 5.10 Å². The van der Waals surface area contributed by atoms with Gasteiger partial charge in [0.1, 0.15) is 0 Å². The van der Waals surface area contributed by atoms with Crippen molar-refractivity contribution < 1.29 is 4.79 Å². The number of benzene rings is 2. The zero-order valence-corrected chi connectivity index (χ0v) is 16.3. The quantitative estimate of drug-likeness (QED) is 0.659. The van der Waals surface area contributed by atoms with Crippen molar-refractivity contribution in [3.8, 4) is 5.69 Å². The first-order valence-corrected chi connectivity index (χ1v) is 8.80. The molecule has 0 aliphatic carbocycles. The fourth-order valence-corrected chi connectivity index (χ4v) is 3.22. The first-order valence-electron chi connectivity index (χ1n) is 7.63. The average Bonchev–Trinajstić information content (AvgIpc) is 2.91. The van der Waals surface area contributed by atoms with Crippen LogP contribution in [0.2, 0.25) is 5.02 Å². The van der Waals surface area contributed by atoms with Crippen LogP contribution in [-0.2, 0) is 0 Å². The Hall–Kier alpha value is -2.18. The minimum atomic E-state index is -0.349. The minimum absolute atomic E-state index is 0.263. The van der Waals surface area contributed by atoms with Crippen LogP contribution in [0.1, 0.15) is 27.3 Å².